The lowest BCUT2D eigenvalue weighted by molar-refractivity contribution is 0.258. The average Bonchev–Trinajstić information content (AvgIpc) is 2.39. The van der Waals surface area contributed by atoms with Gasteiger partial charge in [-0.1, -0.05) is 26.2 Å². The summed E-state index contributed by atoms with van der Waals surface area (Å²) in [6.07, 6.45) is 4.70. The van der Waals surface area contributed by atoms with Crippen molar-refractivity contribution in [1.82, 2.24) is 0 Å². The lowest BCUT2D eigenvalue weighted by Crippen LogP contribution is -2.02. The van der Waals surface area contributed by atoms with Crippen LogP contribution in [0.5, 0.6) is 11.5 Å². The van der Waals surface area contributed by atoms with Crippen LogP contribution in [0.1, 0.15) is 43.7 Å². The number of hydrogen-bond acceptors (Lipinski definition) is 3. The Hall–Kier alpha value is -1.22. The summed E-state index contributed by atoms with van der Waals surface area (Å²) in [5.74, 6) is 1.53. The molecule has 0 unspecified atom stereocenters. The van der Waals surface area contributed by atoms with Crippen LogP contribution in [0.15, 0.2) is 12.1 Å². The van der Waals surface area contributed by atoms with Crippen molar-refractivity contribution in [3.8, 4) is 11.5 Å². The molecule has 1 N–H and O–H groups in total. The van der Waals surface area contributed by atoms with Crippen molar-refractivity contribution >= 4 is 0 Å². The molecule has 18 heavy (non-hydrogen) atoms. The molecule has 0 aliphatic heterocycles. The van der Waals surface area contributed by atoms with E-state index in [9.17, 15) is 5.11 Å². The van der Waals surface area contributed by atoms with Crippen LogP contribution in [-0.2, 0) is 6.61 Å². The molecule has 0 heterocycles. The molecule has 0 saturated carbocycles. The number of aliphatic hydroxyl groups excluding tert-OH is 1. The third-order valence-electron chi connectivity index (χ3n) is 3.00. The lowest BCUT2D eigenvalue weighted by atomic mass is 10.1. The zero-order chi connectivity index (χ0) is 13.4. The van der Waals surface area contributed by atoms with E-state index in [2.05, 4.69) is 6.92 Å². The van der Waals surface area contributed by atoms with Crippen LogP contribution in [0.4, 0.5) is 0 Å². The van der Waals surface area contributed by atoms with E-state index in [0.717, 1.165) is 29.0 Å². The maximum Gasteiger partial charge on any atom is 0.128 e. The number of hydrogen-bond donors (Lipinski definition) is 1. The van der Waals surface area contributed by atoms with E-state index < -0.39 is 0 Å². The Balaban J connectivity index is 2.62. The molecule has 0 amide bonds. The van der Waals surface area contributed by atoms with Gasteiger partial charge in [0.2, 0.25) is 0 Å². The number of methoxy groups -OCH3 is 1. The van der Waals surface area contributed by atoms with Gasteiger partial charge in [0.25, 0.3) is 0 Å². The summed E-state index contributed by atoms with van der Waals surface area (Å²) in [5, 5.41) is 9.33. The molecule has 0 aliphatic rings. The molecule has 1 rings (SSSR count). The van der Waals surface area contributed by atoms with Gasteiger partial charge in [0.1, 0.15) is 11.5 Å². The fourth-order valence-corrected chi connectivity index (χ4v) is 1.92. The minimum Gasteiger partial charge on any atom is -0.496 e. The summed E-state index contributed by atoms with van der Waals surface area (Å²) in [7, 11) is 1.64. The summed E-state index contributed by atoms with van der Waals surface area (Å²) in [6.45, 7) is 4.84. The number of unbranched alkanes of at least 4 members (excludes halogenated alkanes) is 3. The van der Waals surface area contributed by atoms with E-state index in [1.165, 1.54) is 19.3 Å². The topological polar surface area (TPSA) is 38.7 Å². The third kappa shape index (κ3) is 4.22. The Morgan fingerprint density at radius 3 is 2.50 bits per heavy atom. The van der Waals surface area contributed by atoms with E-state index in [1.54, 1.807) is 7.11 Å². The number of benzene rings is 1. The Kier molecular flexibility index (Phi) is 6.58. The van der Waals surface area contributed by atoms with Gasteiger partial charge in [-0.3, -0.25) is 0 Å². The van der Waals surface area contributed by atoms with Crippen LogP contribution in [0.3, 0.4) is 0 Å². The molecule has 0 atom stereocenters. The van der Waals surface area contributed by atoms with Gasteiger partial charge in [-0.15, -0.1) is 0 Å². The highest BCUT2D eigenvalue weighted by Crippen LogP contribution is 2.28. The standard InChI is InChI=1S/C15H24O3/c1-4-5-6-7-8-18-15-10-14(17-3)12(2)9-13(15)11-16/h9-10,16H,4-8,11H2,1-3H3. The van der Waals surface area contributed by atoms with Gasteiger partial charge in [0, 0.05) is 11.6 Å². The zero-order valence-electron chi connectivity index (χ0n) is 11.7. The van der Waals surface area contributed by atoms with Crippen molar-refractivity contribution in [1.29, 1.82) is 0 Å². The summed E-state index contributed by atoms with van der Waals surface area (Å²) in [5.41, 5.74) is 1.84. The minimum absolute atomic E-state index is 0.00483. The zero-order valence-corrected chi connectivity index (χ0v) is 11.7. The van der Waals surface area contributed by atoms with Crippen LogP contribution < -0.4 is 9.47 Å². The van der Waals surface area contributed by atoms with Crippen molar-refractivity contribution in [2.24, 2.45) is 0 Å². The van der Waals surface area contributed by atoms with Crippen molar-refractivity contribution < 1.29 is 14.6 Å². The van der Waals surface area contributed by atoms with E-state index in [-0.39, 0.29) is 6.61 Å². The predicted molar refractivity (Wildman–Crippen MR) is 73.3 cm³/mol. The normalized spacial score (nSPS) is 10.4. The maximum absolute atomic E-state index is 9.33. The highest BCUT2D eigenvalue weighted by atomic mass is 16.5. The molecule has 0 saturated heterocycles. The van der Waals surface area contributed by atoms with Crippen LogP contribution in [-0.4, -0.2) is 18.8 Å². The molecule has 0 aliphatic carbocycles. The first-order chi connectivity index (χ1) is 8.72. The van der Waals surface area contributed by atoms with Gasteiger partial charge in [-0.25, -0.2) is 0 Å². The van der Waals surface area contributed by atoms with Crippen LogP contribution in [0.2, 0.25) is 0 Å². The monoisotopic (exact) mass is 252 g/mol. The summed E-state index contributed by atoms with van der Waals surface area (Å²) < 4.78 is 11.0. The van der Waals surface area contributed by atoms with Crippen molar-refractivity contribution in [2.45, 2.75) is 46.1 Å². The second-order valence-corrected chi connectivity index (χ2v) is 4.50. The largest absolute Gasteiger partial charge is 0.496 e. The smallest absolute Gasteiger partial charge is 0.128 e. The Morgan fingerprint density at radius 2 is 1.89 bits per heavy atom. The first-order valence-corrected chi connectivity index (χ1v) is 6.64. The number of rotatable bonds is 8. The van der Waals surface area contributed by atoms with Crippen molar-refractivity contribution in [3.05, 3.63) is 23.3 Å². The maximum atomic E-state index is 9.33. The third-order valence-corrected chi connectivity index (χ3v) is 3.00. The molecule has 102 valence electrons. The molecule has 3 nitrogen and oxygen atoms in total. The fraction of sp³-hybridized carbons (Fsp3) is 0.600. The molecule has 0 radical (unpaired) electrons. The van der Waals surface area contributed by atoms with Gasteiger partial charge in [-0.05, 0) is 25.0 Å². The van der Waals surface area contributed by atoms with Crippen molar-refractivity contribution in [3.63, 3.8) is 0 Å². The van der Waals surface area contributed by atoms with Gasteiger partial charge in [0.05, 0.1) is 20.3 Å². The van der Waals surface area contributed by atoms with Gasteiger partial charge in [-0.2, -0.15) is 0 Å². The molecule has 0 aromatic heterocycles. The molecule has 1 aromatic rings. The number of aliphatic hydroxyl groups is 1. The Bertz CT molecular complexity index is 361. The average molecular weight is 252 g/mol. The second-order valence-electron chi connectivity index (χ2n) is 4.50. The molecular formula is C15H24O3. The van der Waals surface area contributed by atoms with Crippen LogP contribution >= 0.6 is 0 Å². The van der Waals surface area contributed by atoms with Gasteiger partial charge < -0.3 is 14.6 Å². The van der Waals surface area contributed by atoms with Crippen LogP contribution in [0.25, 0.3) is 0 Å². The molecule has 3 heteroatoms. The van der Waals surface area contributed by atoms with E-state index in [1.807, 2.05) is 19.1 Å². The minimum atomic E-state index is -0.00483. The Labute approximate surface area is 110 Å². The summed E-state index contributed by atoms with van der Waals surface area (Å²) >= 11 is 0. The highest BCUT2D eigenvalue weighted by Gasteiger charge is 2.08. The molecular weight excluding hydrogens is 228 g/mol. The molecule has 0 spiro atoms. The highest BCUT2D eigenvalue weighted by molar-refractivity contribution is 5.45. The predicted octanol–water partition coefficient (Wildman–Crippen LogP) is 3.46. The first kappa shape index (κ1) is 14.8. The Morgan fingerprint density at radius 1 is 1.11 bits per heavy atom. The van der Waals surface area contributed by atoms with E-state index >= 15 is 0 Å². The number of ether oxygens (including phenoxy) is 2. The van der Waals surface area contributed by atoms with Gasteiger partial charge >= 0.3 is 0 Å². The molecule has 0 fully saturated rings. The number of aryl methyl sites for hydroxylation is 1. The lowest BCUT2D eigenvalue weighted by Gasteiger charge is -2.13. The molecule has 0 bridgehead atoms. The van der Waals surface area contributed by atoms with E-state index in [0.29, 0.717) is 6.61 Å². The van der Waals surface area contributed by atoms with E-state index in [4.69, 9.17) is 9.47 Å². The summed E-state index contributed by atoms with van der Waals surface area (Å²) in [6, 6.07) is 3.78. The molecule has 1 aromatic carbocycles. The second kappa shape index (κ2) is 7.98. The van der Waals surface area contributed by atoms with Gasteiger partial charge in [0.15, 0.2) is 0 Å². The first-order valence-electron chi connectivity index (χ1n) is 6.64. The quantitative estimate of drug-likeness (QED) is 0.720. The SMILES string of the molecule is CCCCCCOc1cc(OC)c(C)cc1CO. The fourth-order valence-electron chi connectivity index (χ4n) is 1.92. The van der Waals surface area contributed by atoms with Crippen molar-refractivity contribution in [2.75, 3.05) is 13.7 Å². The van der Waals surface area contributed by atoms with Crippen LogP contribution in [0, 0.1) is 6.92 Å². The summed E-state index contributed by atoms with van der Waals surface area (Å²) in [4.78, 5) is 0.